The summed E-state index contributed by atoms with van der Waals surface area (Å²) in [6.07, 6.45) is -8.68. The van der Waals surface area contributed by atoms with Crippen LogP contribution in [-0.4, -0.2) is 118 Å². The molecule has 0 fully saturated rings. The number of hydrogen-bond acceptors (Lipinski definition) is 10. The van der Waals surface area contributed by atoms with Gasteiger partial charge in [-0.1, -0.05) is 0 Å². The zero-order valence-corrected chi connectivity index (χ0v) is 13.3. The van der Waals surface area contributed by atoms with E-state index in [0.29, 0.717) is 0 Å². The van der Waals surface area contributed by atoms with Crippen LogP contribution in [0.15, 0.2) is 0 Å². The second-order valence-corrected chi connectivity index (χ2v) is 4.96. The van der Waals surface area contributed by atoms with Crippen LogP contribution in [0.4, 0.5) is 0 Å². The van der Waals surface area contributed by atoms with Crippen LogP contribution in [0.25, 0.3) is 0 Å². The van der Waals surface area contributed by atoms with Crippen LogP contribution < -0.4 is 0 Å². The van der Waals surface area contributed by atoms with Crippen LogP contribution in [0, 0.1) is 0 Å². The van der Waals surface area contributed by atoms with Crippen LogP contribution in [0.1, 0.15) is 12.8 Å². The van der Waals surface area contributed by atoms with Crippen LogP contribution in [0.5, 0.6) is 0 Å². The Kier molecular flexibility index (Phi) is 14.8. The van der Waals surface area contributed by atoms with E-state index in [2.05, 4.69) is 0 Å². The van der Waals surface area contributed by atoms with Gasteiger partial charge < -0.3 is 56.5 Å². The van der Waals surface area contributed by atoms with E-state index in [1.807, 2.05) is 0 Å². The fourth-order valence-corrected chi connectivity index (χ4v) is 1.39. The van der Waals surface area contributed by atoms with E-state index in [1.54, 1.807) is 0 Å². The molecule has 0 bridgehead atoms. The summed E-state index contributed by atoms with van der Waals surface area (Å²) in [5, 5.41) is 86.0. The molecule has 0 aliphatic rings. The van der Waals surface area contributed by atoms with Gasteiger partial charge in [0.15, 0.2) is 5.60 Å². The minimum absolute atomic E-state index is 0. The molecule has 0 saturated heterocycles. The average Bonchev–Trinajstić information content (AvgIpc) is 2.50. The van der Waals surface area contributed by atoms with Gasteiger partial charge in [-0.15, -0.1) is 0 Å². The van der Waals surface area contributed by atoms with Crippen molar-refractivity contribution in [3.05, 3.63) is 0 Å². The smallest absolute Gasteiger partial charge is 0.336 e. The molecule has 0 saturated carbocycles. The van der Waals surface area contributed by atoms with Gasteiger partial charge in [0.2, 0.25) is 0 Å². The van der Waals surface area contributed by atoms with Crippen molar-refractivity contribution < 1.29 is 70.9 Å². The molecule has 14 heteroatoms. The third-order valence-corrected chi connectivity index (χ3v) is 2.80. The van der Waals surface area contributed by atoms with Crippen molar-refractivity contribution in [2.24, 2.45) is 0 Å². The minimum Gasteiger partial charge on any atom is -0.481 e. The highest BCUT2D eigenvalue weighted by Crippen LogP contribution is 2.15. The van der Waals surface area contributed by atoms with E-state index in [0.717, 1.165) is 0 Å². The molecule has 26 heavy (non-hydrogen) atoms. The first-order valence-corrected chi connectivity index (χ1v) is 6.65. The summed E-state index contributed by atoms with van der Waals surface area (Å²) < 4.78 is 0. The van der Waals surface area contributed by atoms with Crippen molar-refractivity contribution in [3.63, 3.8) is 0 Å². The maximum absolute atomic E-state index is 10.3. The average molecular weight is 392 g/mol. The lowest BCUT2D eigenvalue weighted by Gasteiger charge is -2.24. The van der Waals surface area contributed by atoms with Gasteiger partial charge in [-0.3, -0.25) is 9.59 Å². The Hall–Kier alpha value is -1.91. The molecule has 0 rings (SSSR count). The summed E-state index contributed by atoms with van der Waals surface area (Å²) in [5.41, 5.74) is -2.74. The summed E-state index contributed by atoms with van der Waals surface area (Å²) >= 11 is 0. The van der Waals surface area contributed by atoms with Gasteiger partial charge in [0.1, 0.15) is 24.4 Å². The Morgan fingerprint density at radius 1 is 0.731 bits per heavy atom. The van der Waals surface area contributed by atoms with Gasteiger partial charge in [-0.05, 0) is 0 Å². The molecule has 0 heterocycles. The molecule has 0 radical (unpaired) electrons. The summed E-state index contributed by atoms with van der Waals surface area (Å²) in [4.78, 5) is 30.5. The standard InChI is InChI=1S/C6H8O7.C6H14O6.H2O/c7-3(8)1-6(13,5(11)12)2-4(9)10;7-1-3(9)5(11)6(12)4(10)2-8;/h13H,1-2H2,(H,7,8)(H,9,10)(H,11,12);3-12H,1-2H2;1H2/t;3-,4-,5-,6-;/m.1./s1. The molecule has 0 aliphatic heterocycles. The molecule has 0 spiro atoms. The maximum Gasteiger partial charge on any atom is 0.336 e. The van der Waals surface area contributed by atoms with E-state index < -0.39 is 74.0 Å². The van der Waals surface area contributed by atoms with Crippen LogP contribution in [-0.2, 0) is 14.4 Å². The largest absolute Gasteiger partial charge is 0.481 e. The number of aliphatic carboxylic acids is 3. The predicted molar refractivity (Wildman–Crippen MR) is 78.9 cm³/mol. The Morgan fingerprint density at radius 2 is 1.00 bits per heavy atom. The number of hydrogen-bond donors (Lipinski definition) is 10. The number of carboxylic acids is 3. The van der Waals surface area contributed by atoms with E-state index in [9.17, 15) is 14.4 Å². The van der Waals surface area contributed by atoms with Gasteiger partial charge in [-0.2, -0.15) is 0 Å². The molecule has 14 nitrogen and oxygen atoms in total. The Labute approximate surface area is 146 Å². The third-order valence-electron chi connectivity index (χ3n) is 2.80. The molecule has 12 N–H and O–H groups in total. The summed E-state index contributed by atoms with van der Waals surface area (Å²) in [7, 11) is 0. The van der Waals surface area contributed by atoms with Gasteiger partial charge in [0, 0.05) is 0 Å². The number of rotatable bonds is 10. The first-order chi connectivity index (χ1) is 11.3. The second-order valence-electron chi connectivity index (χ2n) is 4.96. The van der Waals surface area contributed by atoms with Crippen molar-refractivity contribution in [2.45, 2.75) is 42.9 Å². The number of carbonyl (C=O) groups is 3. The molecule has 156 valence electrons. The third kappa shape index (κ3) is 10.9. The highest BCUT2D eigenvalue weighted by atomic mass is 16.4. The normalized spacial score (nSPS) is 15.3. The lowest BCUT2D eigenvalue weighted by Crippen LogP contribution is -2.46. The van der Waals surface area contributed by atoms with Crippen LogP contribution in [0.3, 0.4) is 0 Å². The lowest BCUT2D eigenvalue weighted by molar-refractivity contribution is -0.170. The van der Waals surface area contributed by atoms with E-state index in [1.165, 1.54) is 0 Å². The molecule has 0 aliphatic carbocycles. The van der Waals surface area contributed by atoms with E-state index in [4.69, 9.17) is 51.1 Å². The molecule has 0 aromatic carbocycles. The number of aliphatic hydroxyl groups is 7. The Bertz CT molecular complexity index is 408. The predicted octanol–water partition coefficient (Wildman–Crippen LogP) is -5.66. The van der Waals surface area contributed by atoms with Gasteiger partial charge >= 0.3 is 17.9 Å². The number of aliphatic hydroxyl groups excluding tert-OH is 6. The molecule has 0 amide bonds. The molecule has 4 atom stereocenters. The van der Waals surface area contributed by atoms with E-state index in [-0.39, 0.29) is 5.48 Å². The fourth-order valence-electron chi connectivity index (χ4n) is 1.39. The highest BCUT2D eigenvalue weighted by Gasteiger charge is 2.40. The van der Waals surface area contributed by atoms with Crippen molar-refractivity contribution in [3.8, 4) is 0 Å². The summed E-state index contributed by atoms with van der Waals surface area (Å²) in [5.74, 6) is -5.02. The zero-order chi connectivity index (χ0) is 20.4. The molecular formula is C12H24O14. The lowest BCUT2D eigenvalue weighted by atomic mass is 9.96. The van der Waals surface area contributed by atoms with Gasteiger partial charge in [0.25, 0.3) is 0 Å². The molecule has 0 aromatic heterocycles. The summed E-state index contributed by atoms with van der Waals surface area (Å²) in [6.45, 7) is -1.45. The minimum atomic E-state index is -2.74. The topological polar surface area (TPSA) is 285 Å². The number of carboxylic acid groups (broad SMARTS) is 3. The Morgan fingerprint density at radius 3 is 1.15 bits per heavy atom. The quantitative estimate of drug-likeness (QED) is 0.166. The molecule has 0 unspecified atom stereocenters. The Balaban J connectivity index is -0.000000393. The van der Waals surface area contributed by atoms with Crippen molar-refractivity contribution in [1.29, 1.82) is 0 Å². The second kappa shape index (κ2) is 13.3. The fraction of sp³-hybridized carbons (Fsp3) is 0.750. The first-order valence-electron chi connectivity index (χ1n) is 6.65. The summed E-state index contributed by atoms with van der Waals surface area (Å²) in [6, 6.07) is 0. The molecule has 0 aromatic rings. The van der Waals surface area contributed by atoms with E-state index >= 15 is 0 Å². The van der Waals surface area contributed by atoms with Crippen LogP contribution >= 0.6 is 0 Å². The first kappa shape index (κ1) is 28.9. The highest BCUT2D eigenvalue weighted by molar-refractivity contribution is 5.88. The van der Waals surface area contributed by atoms with Gasteiger partial charge in [0.05, 0.1) is 26.1 Å². The van der Waals surface area contributed by atoms with Crippen LogP contribution in [0.2, 0.25) is 0 Å². The van der Waals surface area contributed by atoms with Crippen molar-refractivity contribution in [1.82, 2.24) is 0 Å². The van der Waals surface area contributed by atoms with Crippen molar-refractivity contribution in [2.75, 3.05) is 13.2 Å². The molecular weight excluding hydrogens is 368 g/mol. The monoisotopic (exact) mass is 392 g/mol. The SMILES string of the molecule is O.O=C(O)CC(O)(CC(=O)O)C(=O)O.OC[C@@H](O)[C@@H](O)[C@H](O)[C@H](O)CO. The van der Waals surface area contributed by atoms with Crippen molar-refractivity contribution >= 4 is 17.9 Å². The van der Waals surface area contributed by atoms with Gasteiger partial charge in [-0.25, -0.2) is 4.79 Å². The maximum atomic E-state index is 10.3. The zero-order valence-electron chi connectivity index (χ0n) is 13.3.